The van der Waals surface area contributed by atoms with E-state index >= 15 is 0 Å². The van der Waals surface area contributed by atoms with Gasteiger partial charge in [-0.15, -0.1) is 10.2 Å². The van der Waals surface area contributed by atoms with E-state index in [1.165, 1.54) is 38.5 Å². The number of piperidine rings is 1. The summed E-state index contributed by atoms with van der Waals surface area (Å²) in [6, 6.07) is 8.36. The van der Waals surface area contributed by atoms with Gasteiger partial charge in [-0.05, 0) is 49.6 Å². The zero-order valence-corrected chi connectivity index (χ0v) is 16.7. The van der Waals surface area contributed by atoms with Crippen molar-refractivity contribution in [1.82, 2.24) is 15.1 Å². The lowest BCUT2D eigenvalue weighted by molar-refractivity contribution is 0.0746. The molecule has 29 heavy (non-hydrogen) atoms. The summed E-state index contributed by atoms with van der Waals surface area (Å²) in [4.78, 5) is 18.8. The number of nitrogens with zero attached hydrogens (tertiary/aromatic N) is 5. The smallest absolute Gasteiger partial charge is 0.254 e. The number of ether oxygens (including phenoxy) is 1. The number of rotatable bonds is 4. The van der Waals surface area contributed by atoms with E-state index < -0.39 is 5.82 Å². The number of methoxy groups -OCH3 is 1. The molecule has 3 heterocycles. The van der Waals surface area contributed by atoms with E-state index in [9.17, 15) is 9.18 Å². The molecule has 0 bridgehead atoms. The number of hydrogen-bond acceptors (Lipinski definition) is 6. The molecule has 0 unspecified atom stereocenters. The normalized spacial score (nSPS) is 17.4. The summed E-state index contributed by atoms with van der Waals surface area (Å²) in [6.45, 7) is 4.54. The van der Waals surface area contributed by atoms with E-state index in [4.69, 9.17) is 4.74 Å². The molecule has 1 aromatic carbocycles. The minimum Gasteiger partial charge on any atom is -0.494 e. The quantitative estimate of drug-likeness (QED) is 0.788. The molecule has 8 heteroatoms. The molecule has 154 valence electrons. The summed E-state index contributed by atoms with van der Waals surface area (Å²) in [5, 5.41) is 8.81. The number of anilines is 2. The zero-order valence-electron chi connectivity index (χ0n) is 16.7. The predicted octanol–water partition coefficient (Wildman–Crippen LogP) is 2.58. The maximum Gasteiger partial charge on any atom is 0.254 e. The molecule has 0 spiro atoms. The lowest BCUT2D eigenvalue weighted by atomic mass is 10.1. The van der Waals surface area contributed by atoms with Crippen LogP contribution in [0, 0.1) is 5.82 Å². The molecule has 2 aliphatic heterocycles. The van der Waals surface area contributed by atoms with Crippen molar-refractivity contribution < 1.29 is 13.9 Å². The van der Waals surface area contributed by atoms with Crippen LogP contribution in [0.5, 0.6) is 5.75 Å². The van der Waals surface area contributed by atoms with Gasteiger partial charge < -0.3 is 19.4 Å². The van der Waals surface area contributed by atoms with Crippen LogP contribution in [0.1, 0.15) is 29.6 Å². The van der Waals surface area contributed by atoms with E-state index in [0.717, 1.165) is 24.7 Å². The molecule has 1 aromatic heterocycles. The number of halogens is 1. The van der Waals surface area contributed by atoms with Gasteiger partial charge in [-0.2, -0.15) is 0 Å². The molecular formula is C21H26FN5O2. The lowest BCUT2D eigenvalue weighted by Gasteiger charge is -2.35. The Labute approximate surface area is 170 Å². The fourth-order valence-electron chi connectivity index (χ4n) is 3.90. The highest BCUT2D eigenvalue weighted by molar-refractivity contribution is 5.94. The summed E-state index contributed by atoms with van der Waals surface area (Å²) in [7, 11) is 1.40. The van der Waals surface area contributed by atoms with Gasteiger partial charge >= 0.3 is 0 Å². The van der Waals surface area contributed by atoms with Crippen molar-refractivity contribution in [3.05, 3.63) is 41.7 Å². The number of aromatic nitrogens is 2. The molecule has 0 aliphatic carbocycles. The van der Waals surface area contributed by atoms with E-state index in [-0.39, 0.29) is 11.7 Å². The summed E-state index contributed by atoms with van der Waals surface area (Å²) >= 11 is 0. The molecule has 2 saturated heterocycles. The Balaban J connectivity index is 1.35. The Bertz CT molecular complexity index is 847. The number of carbonyl (C=O) groups is 1. The highest BCUT2D eigenvalue weighted by Gasteiger charge is 2.24. The van der Waals surface area contributed by atoms with Gasteiger partial charge in [-0.25, -0.2) is 4.39 Å². The van der Waals surface area contributed by atoms with E-state index in [1.54, 1.807) is 11.0 Å². The molecule has 2 aromatic rings. The minimum absolute atomic E-state index is 0.137. The third-order valence-electron chi connectivity index (χ3n) is 5.61. The fourth-order valence-corrected chi connectivity index (χ4v) is 3.90. The number of amides is 1. The van der Waals surface area contributed by atoms with Crippen LogP contribution in [-0.2, 0) is 0 Å². The average molecular weight is 399 g/mol. The standard InChI is InChI=1S/C21H26FN5O2/c1-29-18-6-5-16(15-17(18)22)21(28)27-13-11-26(12-14-27)20-8-7-19(23-24-20)25-9-3-2-4-10-25/h5-8,15H,2-4,9-14H2,1H3. The van der Waals surface area contributed by atoms with Crippen LogP contribution in [0.3, 0.4) is 0 Å². The van der Waals surface area contributed by atoms with Crippen molar-refractivity contribution in [2.45, 2.75) is 19.3 Å². The second kappa shape index (κ2) is 8.63. The second-order valence-electron chi connectivity index (χ2n) is 7.43. The van der Waals surface area contributed by atoms with Crippen LogP contribution in [0.15, 0.2) is 30.3 Å². The zero-order chi connectivity index (χ0) is 20.2. The summed E-state index contributed by atoms with van der Waals surface area (Å²) in [5.74, 6) is 1.20. The average Bonchev–Trinajstić information content (AvgIpc) is 2.79. The van der Waals surface area contributed by atoms with Crippen molar-refractivity contribution in [1.29, 1.82) is 0 Å². The first-order chi connectivity index (χ1) is 14.2. The Kier molecular flexibility index (Phi) is 5.78. The topological polar surface area (TPSA) is 61.8 Å². The van der Waals surface area contributed by atoms with Crippen molar-refractivity contribution in [3.8, 4) is 5.75 Å². The molecule has 2 fully saturated rings. The van der Waals surface area contributed by atoms with Crippen molar-refractivity contribution in [3.63, 3.8) is 0 Å². The summed E-state index contributed by atoms with van der Waals surface area (Å²) in [5.41, 5.74) is 0.336. The van der Waals surface area contributed by atoms with Gasteiger partial charge in [0.1, 0.15) is 0 Å². The van der Waals surface area contributed by atoms with Crippen molar-refractivity contribution in [2.75, 3.05) is 56.2 Å². The van der Waals surface area contributed by atoms with Crippen molar-refractivity contribution in [2.24, 2.45) is 0 Å². The minimum atomic E-state index is -0.527. The van der Waals surface area contributed by atoms with E-state index in [2.05, 4.69) is 20.0 Å². The Morgan fingerprint density at radius 3 is 2.07 bits per heavy atom. The van der Waals surface area contributed by atoms with Gasteiger partial charge in [-0.3, -0.25) is 4.79 Å². The Morgan fingerprint density at radius 1 is 0.897 bits per heavy atom. The molecule has 1 amide bonds. The molecular weight excluding hydrogens is 373 g/mol. The van der Waals surface area contributed by atoms with Crippen molar-refractivity contribution >= 4 is 17.5 Å². The van der Waals surface area contributed by atoms with Gasteiger partial charge in [0.15, 0.2) is 23.2 Å². The maximum atomic E-state index is 13.9. The van der Waals surface area contributed by atoms with E-state index in [0.29, 0.717) is 31.7 Å². The summed E-state index contributed by atoms with van der Waals surface area (Å²) < 4.78 is 18.8. The van der Waals surface area contributed by atoms with Crippen LogP contribution in [0.25, 0.3) is 0 Å². The maximum absolute atomic E-state index is 13.9. The number of carbonyl (C=O) groups excluding carboxylic acids is 1. The largest absolute Gasteiger partial charge is 0.494 e. The Hall–Kier alpha value is -2.90. The molecule has 0 atom stereocenters. The molecule has 2 aliphatic rings. The number of benzene rings is 1. The molecule has 0 saturated carbocycles. The highest BCUT2D eigenvalue weighted by atomic mass is 19.1. The van der Waals surface area contributed by atoms with Crippen LogP contribution in [0.4, 0.5) is 16.0 Å². The first-order valence-corrected chi connectivity index (χ1v) is 10.1. The SMILES string of the molecule is COc1ccc(C(=O)N2CCN(c3ccc(N4CCCCC4)nn3)CC2)cc1F. The van der Waals surface area contributed by atoms with Crippen LogP contribution < -0.4 is 14.5 Å². The van der Waals surface area contributed by atoms with Gasteiger partial charge in [0.25, 0.3) is 5.91 Å². The number of hydrogen-bond donors (Lipinski definition) is 0. The first kappa shape index (κ1) is 19.4. The van der Waals surface area contributed by atoms with Gasteiger partial charge in [0.05, 0.1) is 7.11 Å². The van der Waals surface area contributed by atoms with Crippen LogP contribution in [0.2, 0.25) is 0 Å². The van der Waals surface area contributed by atoms with Gasteiger partial charge in [-0.1, -0.05) is 0 Å². The summed E-state index contributed by atoms with van der Waals surface area (Å²) in [6.07, 6.45) is 3.70. The molecule has 4 rings (SSSR count). The van der Waals surface area contributed by atoms with Gasteiger partial charge in [0, 0.05) is 44.8 Å². The fraction of sp³-hybridized carbons (Fsp3) is 0.476. The Morgan fingerprint density at radius 2 is 1.52 bits per heavy atom. The second-order valence-corrected chi connectivity index (χ2v) is 7.43. The third-order valence-corrected chi connectivity index (χ3v) is 5.61. The van der Waals surface area contributed by atoms with Crippen LogP contribution >= 0.6 is 0 Å². The third kappa shape index (κ3) is 4.26. The monoisotopic (exact) mass is 399 g/mol. The lowest BCUT2D eigenvalue weighted by Crippen LogP contribution is -2.49. The van der Waals surface area contributed by atoms with Crippen LogP contribution in [-0.4, -0.2) is 67.4 Å². The number of piperazine rings is 1. The molecule has 0 radical (unpaired) electrons. The predicted molar refractivity (Wildman–Crippen MR) is 109 cm³/mol. The van der Waals surface area contributed by atoms with Gasteiger partial charge in [0.2, 0.25) is 0 Å². The van der Waals surface area contributed by atoms with E-state index in [1.807, 2.05) is 12.1 Å². The highest BCUT2D eigenvalue weighted by Crippen LogP contribution is 2.22. The first-order valence-electron chi connectivity index (χ1n) is 10.1. The molecule has 0 N–H and O–H groups in total. The molecule has 7 nitrogen and oxygen atoms in total.